The van der Waals surface area contributed by atoms with Crippen LogP contribution in [0, 0.1) is 10.1 Å². The van der Waals surface area contributed by atoms with Gasteiger partial charge in [-0.3, -0.25) is 0 Å². The summed E-state index contributed by atoms with van der Waals surface area (Å²) in [4.78, 5) is 25.7. The van der Waals surface area contributed by atoms with Gasteiger partial charge in [-0.15, -0.1) is 10.1 Å². The van der Waals surface area contributed by atoms with Crippen molar-refractivity contribution in [3.8, 4) is 0 Å². The predicted octanol–water partition coefficient (Wildman–Crippen LogP) is 0.0790. The van der Waals surface area contributed by atoms with Crippen LogP contribution in [0.15, 0.2) is 0 Å². The van der Waals surface area contributed by atoms with E-state index in [1.807, 2.05) is 0 Å². The maximum atomic E-state index is 11.1. The number of hydrogen-bond acceptors (Lipinski definition) is 8. The number of alkyl halides is 1. The lowest BCUT2D eigenvalue weighted by Gasteiger charge is -2.15. The highest BCUT2D eigenvalue weighted by Gasteiger charge is 2.51. The lowest BCUT2D eigenvalue weighted by atomic mass is 10.1. The molecule has 2 aliphatic rings. The zero-order valence-electron chi connectivity index (χ0n) is 9.02. The summed E-state index contributed by atoms with van der Waals surface area (Å²) in [6.45, 7) is 0.0605. The molecule has 9 nitrogen and oxygen atoms in total. The van der Waals surface area contributed by atoms with Crippen molar-refractivity contribution >= 4 is 17.8 Å². The van der Waals surface area contributed by atoms with Crippen molar-refractivity contribution in [2.75, 3.05) is 19.3 Å². The van der Waals surface area contributed by atoms with Gasteiger partial charge in [0.15, 0.2) is 18.3 Å². The normalized spacial score (nSPS) is 33.8. The summed E-state index contributed by atoms with van der Waals surface area (Å²) in [6.07, 6.45) is -3.68. The molecule has 0 aliphatic carbocycles. The van der Waals surface area contributed by atoms with Gasteiger partial charge in [0.2, 0.25) is 0 Å². The highest BCUT2D eigenvalue weighted by molar-refractivity contribution is 6.17. The maximum Gasteiger partial charge on any atom is 0.509 e. The molecule has 0 spiro atoms. The van der Waals surface area contributed by atoms with Gasteiger partial charge in [0.1, 0.15) is 12.2 Å². The first-order chi connectivity index (χ1) is 8.61. The molecule has 0 aromatic rings. The van der Waals surface area contributed by atoms with E-state index in [2.05, 4.69) is 9.57 Å². The summed E-state index contributed by atoms with van der Waals surface area (Å²) >= 11 is 5.19. The lowest BCUT2D eigenvalue weighted by molar-refractivity contribution is -0.769. The molecule has 4 atom stereocenters. The SMILES string of the molecule is O=C(OCCl)O[C@H]1CO[C@H]2[C@@H]1OC[C@H]2O[N+](=O)[O-]. The number of halogens is 1. The Morgan fingerprint density at radius 3 is 2.56 bits per heavy atom. The minimum absolute atomic E-state index is 0.000721. The maximum absolute atomic E-state index is 11.1. The molecule has 0 bridgehead atoms. The molecule has 2 rings (SSSR count). The number of hydrogen-bond donors (Lipinski definition) is 0. The smallest absolute Gasteiger partial charge is 0.426 e. The molecular weight excluding hydrogens is 274 g/mol. The van der Waals surface area contributed by atoms with E-state index in [1.54, 1.807) is 0 Å². The van der Waals surface area contributed by atoms with Crippen molar-refractivity contribution in [2.45, 2.75) is 24.4 Å². The fourth-order valence-corrected chi connectivity index (χ4v) is 2.02. The molecule has 0 N–H and O–H groups in total. The zero-order valence-corrected chi connectivity index (χ0v) is 9.78. The third-order valence-corrected chi connectivity index (χ3v) is 2.71. The van der Waals surface area contributed by atoms with Crippen LogP contribution in [0.25, 0.3) is 0 Å². The third-order valence-electron chi connectivity index (χ3n) is 2.60. The van der Waals surface area contributed by atoms with E-state index in [9.17, 15) is 14.9 Å². The molecule has 2 heterocycles. The van der Waals surface area contributed by atoms with Crippen molar-refractivity contribution in [2.24, 2.45) is 0 Å². The summed E-state index contributed by atoms with van der Waals surface area (Å²) in [7, 11) is 0. The molecular formula is C8H10ClNO8. The van der Waals surface area contributed by atoms with Crippen molar-refractivity contribution in [3.63, 3.8) is 0 Å². The number of nitrogens with zero attached hydrogens (tertiary/aromatic N) is 1. The zero-order chi connectivity index (χ0) is 13.1. The van der Waals surface area contributed by atoms with Gasteiger partial charge in [0.05, 0.1) is 13.2 Å². The molecule has 2 aliphatic heterocycles. The van der Waals surface area contributed by atoms with Gasteiger partial charge in [-0.05, 0) is 0 Å². The molecule has 0 saturated carbocycles. The monoisotopic (exact) mass is 283 g/mol. The standard InChI is InChI=1S/C8H10ClNO8/c9-3-16-8(11)17-4-1-14-7-5(18-10(12)13)2-15-6(4)7/h4-7H,1-3H2/t4-,5+,6+,7+/m0/s1. The molecule has 0 aromatic carbocycles. The molecule has 2 fully saturated rings. The van der Waals surface area contributed by atoms with Crippen LogP contribution < -0.4 is 0 Å². The second-order valence-corrected chi connectivity index (χ2v) is 3.84. The van der Waals surface area contributed by atoms with Crippen LogP contribution in [-0.4, -0.2) is 54.9 Å². The van der Waals surface area contributed by atoms with E-state index in [4.69, 9.17) is 25.8 Å². The largest absolute Gasteiger partial charge is 0.509 e. The van der Waals surface area contributed by atoms with Crippen LogP contribution in [0.3, 0.4) is 0 Å². The Bertz CT molecular complexity index is 339. The lowest BCUT2D eigenvalue weighted by Crippen LogP contribution is -2.35. The molecule has 10 heteroatoms. The van der Waals surface area contributed by atoms with Crippen LogP contribution in [-0.2, 0) is 23.8 Å². The highest BCUT2D eigenvalue weighted by Crippen LogP contribution is 2.30. The molecule has 0 radical (unpaired) electrons. The quantitative estimate of drug-likeness (QED) is 0.309. The van der Waals surface area contributed by atoms with Crippen LogP contribution >= 0.6 is 11.6 Å². The Labute approximate surface area is 106 Å². The van der Waals surface area contributed by atoms with E-state index in [0.29, 0.717) is 0 Å². The molecule has 0 unspecified atom stereocenters. The molecule has 0 amide bonds. The summed E-state index contributed by atoms with van der Waals surface area (Å²) in [5.74, 6) is 0. The Kier molecular flexibility index (Phi) is 4.04. The van der Waals surface area contributed by atoms with E-state index < -0.39 is 35.7 Å². The van der Waals surface area contributed by atoms with Gasteiger partial charge in [-0.1, -0.05) is 11.6 Å². The molecule has 18 heavy (non-hydrogen) atoms. The number of carbonyl (C=O) groups is 1. The minimum Gasteiger partial charge on any atom is -0.426 e. The van der Waals surface area contributed by atoms with Crippen LogP contribution in [0.1, 0.15) is 0 Å². The van der Waals surface area contributed by atoms with Crippen LogP contribution in [0.2, 0.25) is 0 Å². The number of ether oxygens (including phenoxy) is 4. The summed E-state index contributed by atoms with van der Waals surface area (Å²) in [5, 5.41) is 9.33. The van der Waals surface area contributed by atoms with Crippen molar-refractivity contribution in [3.05, 3.63) is 10.1 Å². The number of fused-ring (bicyclic) bond motifs is 1. The van der Waals surface area contributed by atoms with Crippen LogP contribution in [0.5, 0.6) is 0 Å². The minimum atomic E-state index is -0.943. The average Bonchev–Trinajstić information content (AvgIpc) is 2.83. The van der Waals surface area contributed by atoms with Gasteiger partial charge in [-0.2, -0.15) is 0 Å². The van der Waals surface area contributed by atoms with Crippen molar-refractivity contribution < 1.29 is 33.7 Å². The van der Waals surface area contributed by atoms with E-state index in [1.165, 1.54) is 0 Å². The van der Waals surface area contributed by atoms with Crippen LogP contribution in [0.4, 0.5) is 4.79 Å². The summed E-state index contributed by atoms with van der Waals surface area (Å²) < 4.78 is 19.8. The fraction of sp³-hybridized carbons (Fsp3) is 0.875. The first-order valence-electron chi connectivity index (χ1n) is 5.05. The Balaban J connectivity index is 1.88. The Morgan fingerprint density at radius 2 is 1.94 bits per heavy atom. The average molecular weight is 284 g/mol. The fourth-order valence-electron chi connectivity index (χ4n) is 1.93. The van der Waals surface area contributed by atoms with E-state index >= 15 is 0 Å². The Morgan fingerprint density at radius 1 is 1.33 bits per heavy atom. The van der Waals surface area contributed by atoms with Crippen molar-refractivity contribution in [1.29, 1.82) is 0 Å². The molecule has 0 aromatic heterocycles. The van der Waals surface area contributed by atoms with Gasteiger partial charge >= 0.3 is 6.16 Å². The first-order valence-corrected chi connectivity index (χ1v) is 5.59. The van der Waals surface area contributed by atoms with Crippen molar-refractivity contribution in [1.82, 2.24) is 0 Å². The third kappa shape index (κ3) is 2.74. The summed E-state index contributed by atoms with van der Waals surface area (Å²) in [6, 6.07) is -0.325. The van der Waals surface area contributed by atoms with Gasteiger partial charge < -0.3 is 23.8 Å². The van der Waals surface area contributed by atoms with Gasteiger partial charge in [-0.25, -0.2) is 4.79 Å². The summed E-state index contributed by atoms with van der Waals surface area (Å²) in [5.41, 5.74) is 0. The second-order valence-electron chi connectivity index (χ2n) is 3.62. The number of rotatable bonds is 4. The molecule has 102 valence electrons. The van der Waals surface area contributed by atoms with E-state index in [-0.39, 0.29) is 19.3 Å². The van der Waals surface area contributed by atoms with Gasteiger partial charge in [0.25, 0.3) is 5.09 Å². The van der Waals surface area contributed by atoms with Gasteiger partial charge in [0, 0.05) is 0 Å². The first kappa shape index (κ1) is 13.1. The highest BCUT2D eigenvalue weighted by atomic mass is 35.5. The molecule has 2 saturated heterocycles. The number of carbonyl (C=O) groups excluding carboxylic acids is 1. The topological polar surface area (TPSA) is 106 Å². The van der Waals surface area contributed by atoms with E-state index in [0.717, 1.165) is 0 Å². The Hall–Kier alpha value is -1.32. The second kappa shape index (κ2) is 5.55. The predicted molar refractivity (Wildman–Crippen MR) is 53.4 cm³/mol.